The van der Waals surface area contributed by atoms with Gasteiger partial charge in [0.05, 0.1) is 18.2 Å². The Morgan fingerprint density at radius 3 is 2.81 bits per heavy atom. The Bertz CT molecular complexity index is 389. The van der Waals surface area contributed by atoms with Crippen LogP contribution in [0, 0.1) is 0 Å². The van der Waals surface area contributed by atoms with Gasteiger partial charge in [0.1, 0.15) is 0 Å². The number of methoxy groups -OCH3 is 1. The zero-order valence-electron chi connectivity index (χ0n) is 8.77. The molecule has 1 aliphatic heterocycles. The van der Waals surface area contributed by atoms with E-state index in [-0.39, 0.29) is 6.04 Å². The highest BCUT2D eigenvalue weighted by atomic mass is 19.4. The van der Waals surface area contributed by atoms with Gasteiger partial charge in [-0.2, -0.15) is 13.2 Å². The molecule has 1 aromatic rings. The molecular weight excluding hydrogens is 219 g/mol. The molecule has 0 aromatic heterocycles. The van der Waals surface area contributed by atoms with Crippen LogP contribution in [0.5, 0.6) is 0 Å². The normalized spacial score (nSPS) is 19.9. The maximum absolute atomic E-state index is 12.5. The highest BCUT2D eigenvalue weighted by molar-refractivity contribution is 5.38. The molecule has 1 aromatic carbocycles. The number of rotatable bonds is 2. The summed E-state index contributed by atoms with van der Waals surface area (Å²) in [6.07, 6.45) is -4.27. The van der Waals surface area contributed by atoms with E-state index in [4.69, 9.17) is 4.74 Å². The number of benzene rings is 1. The quantitative estimate of drug-likeness (QED) is 0.844. The van der Waals surface area contributed by atoms with Crippen molar-refractivity contribution in [1.29, 1.82) is 0 Å². The Morgan fingerprint density at radius 1 is 1.44 bits per heavy atom. The molecule has 0 fully saturated rings. The summed E-state index contributed by atoms with van der Waals surface area (Å²) in [5.41, 5.74) is 1.01. The summed E-state index contributed by atoms with van der Waals surface area (Å²) in [5, 5.41) is 3.11. The zero-order chi connectivity index (χ0) is 11.8. The third-order valence-electron chi connectivity index (χ3n) is 2.72. The lowest BCUT2D eigenvalue weighted by Crippen LogP contribution is -2.16. The average molecular weight is 231 g/mol. The summed E-state index contributed by atoms with van der Waals surface area (Å²) in [7, 11) is 1.57. The molecule has 2 rings (SSSR count). The van der Waals surface area contributed by atoms with Crippen molar-refractivity contribution in [3.05, 3.63) is 34.9 Å². The second kappa shape index (κ2) is 4.07. The van der Waals surface area contributed by atoms with E-state index < -0.39 is 11.7 Å². The van der Waals surface area contributed by atoms with Crippen molar-refractivity contribution in [2.75, 3.05) is 13.7 Å². The molecule has 88 valence electrons. The summed E-state index contributed by atoms with van der Waals surface area (Å²) in [5.74, 6) is 0. The van der Waals surface area contributed by atoms with Crippen LogP contribution in [-0.2, 0) is 17.5 Å². The average Bonchev–Trinajstić information content (AvgIpc) is 2.60. The third kappa shape index (κ3) is 2.05. The summed E-state index contributed by atoms with van der Waals surface area (Å²) in [4.78, 5) is 0. The lowest BCUT2D eigenvalue weighted by Gasteiger charge is -2.12. The van der Waals surface area contributed by atoms with E-state index in [2.05, 4.69) is 5.32 Å². The number of nitrogens with one attached hydrogen (secondary N) is 1. The fourth-order valence-electron chi connectivity index (χ4n) is 1.93. The van der Waals surface area contributed by atoms with Crippen LogP contribution >= 0.6 is 0 Å². The second-order valence-corrected chi connectivity index (χ2v) is 3.80. The van der Waals surface area contributed by atoms with Crippen molar-refractivity contribution in [2.45, 2.75) is 18.8 Å². The largest absolute Gasteiger partial charge is 0.416 e. The predicted octanol–water partition coefficient (Wildman–Crippen LogP) is 2.50. The Balaban J connectivity index is 2.29. The molecule has 0 spiro atoms. The summed E-state index contributed by atoms with van der Waals surface area (Å²) >= 11 is 0. The van der Waals surface area contributed by atoms with Gasteiger partial charge < -0.3 is 10.1 Å². The van der Waals surface area contributed by atoms with E-state index in [0.29, 0.717) is 18.7 Å². The van der Waals surface area contributed by atoms with Gasteiger partial charge in [-0.1, -0.05) is 6.07 Å². The molecule has 0 saturated heterocycles. The first-order valence-electron chi connectivity index (χ1n) is 4.94. The predicted molar refractivity (Wildman–Crippen MR) is 52.9 cm³/mol. The smallest absolute Gasteiger partial charge is 0.383 e. The molecule has 16 heavy (non-hydrogen) atoms. The van der Waals surface area contributed by atoms with Crippen LogP contribution in [-0.4, -0.2) is 13.7 Å². The van der Waals surface area contributed by atoms with Gasteiger partial charge in [0.25, 0.3) is 0 Å². The Hall–Kier alpha value is -1.07. The van der Waals surface area contributed by atoms with Crippen molar-refractivity contribution in [3.8, 4) is 0 Å². The molecular formula is C11H12F3NO. The first-order chi connectivity index (χ1) is 7.52. The van der Waals surface area contributed by atoms with E-state index in [1.807, 2.05) is 0 Å². The molecule has 2 nitrogen and oxygen atoms in total. The molecule has 0 amide bonds. The van der Waals surface area contributed by atoms with Crippen LogP contribution in [0.4, 0.5) is 13.2 Å². The highest BCUT2D eigenvalue weighted by Gasteiger charge is 2.32. The molecule has 1 unspecified atom stereocenters. The Morgan fingerprint density at radius 2 is 2.19 bits per heavy atom. The minimum Gasteiger partial charge on any atom is -0.383 e. The van der Waals surface area contributed by atoms with E-state index in [9.17, 15) is 13.2 Å². The summed E-state index contributed by atoms with van der Waals surface area (Å²) < 4.78 is 42.4. The molecule has 1 N–H and O–H groups in total. The number of alkyl halides is 3. The maximum atomic E-state index is 12.5. The maximum Gasteiger partial charge on any atom is 0.416 e. The topological polar surface area (TPSA) is 21.3 Å². The van der Waals surface area contributed by atoms with Gasteiger partial charge in [0.15, 0.2) is 0 Å². The second-order valence-electron chi connectivity index (χ2n) is 3.80. The highest BCUT2D eigenvalue weighted by Crippen LogP contribution is 2.33. The first kappa shape index (κ1) is 11.4. The first-order valence-corrected chi connectivity index (χ1v) is 4.94. The van der Waals surface area contributed by atoms with E-state index in [0.717, 1.165) is 11.6 Å². The van der Waals surface area contributed by atoms with Crippen molar-refractivity contribution in [2.24, 2.45) is 0 Å². The molecule has 0 aliphatic carbocycles. The Labute approximate surface area is 91.4 Å². The minimum absolute atomic E-state index is 0.00211. The van der Waals surface area contributed by atoms with Crippen LogP contribution < -0.4 is 5.32 Å². The molecule has 0 saturated carbocycles. The van der Waals surface area contributed by atoms with Crippen molar-refractivity contribution < 1.29 is 17.9 Å². The fraction of sp³-hybridized carbons (Fsp3) is 0.455. The van der Waals surface area contributed by atoms with Crippen LogP contribution in [0.1, 0.15) is 22.7 Å². The number of hydrogen-bond donors (Lipinski definition) is 1. The molecule has 1 aliphatic rings. The van der Waals surface area contributed by atoms with Gasteiger partial charge in [-0.05, 0) is 23.3 Å². The van der Waals surface area contributed by atoms with Crippen LogP contribution in [0.2, 0.25) is 0 Å². The standard InChI is InChI=1S/C11H12F3NO/c1-16-6-10-9-3-2-8(11(12,13)14)4-7(9)5-15-10/h2-4,10,15H,5-6H2,1H3. The monoisotopic (exact) mass is 231 g/mol. The van der Waals surface area contributed by atoms with Crippen LogP contribution in [0.15, 0.2) is 18.2 Å². The van der Waals surface area contributed by atoms with Gasteiger partial charge in [0.2, 0.25) is 0 Å². The van der Waals surface area contributed by atoms with Gasteiger partial charge in [-0.3, -0.25) is 0 Å². The fourth-order valence-corrected chi connectivity index (χ4v) is 1.93. The Kier molecular flexibility index (Phi) is 2.90. The van der Waals surface area contributed by atoms with Crippen molar-refractivity contribution >= 4 is 0 Å². The summed E-state index contributed by atoms with van der Waals surface area (Å²) in [6, 6.07) is 3.86. The van der Waals surface area contributed by atoms with Crippen LogP contribution in [0.3, 0.4) is 0 Å². The zero-order valence-corrected chi connectivity index (χ0v) is 8.77. The molecule has 1 heterocycles. The van der Waals surface area contributed by atoms with E-state index in [1.54, 1.807) is 7.11 Å². The molecule has 1 atom stereocenters. The number of fused-ring (bicyclic) bond motifs is 1. The van der Waals surface area contributed by atoms with Gasteiger partial charge >= 0.3 is 6.18 Å². The lowest BCUT2D eigenvalue weighted by atomic mass is 10.0. The van der Waals surface area contributed by atoms with Crippen molar-refractivity contribution in [1.82, 2.24) is 5.32 Å². The lowest BCUT2D eigenvalue weighted by molar-refractivity contribution is -0.137. The molecule has 5 heteroatoms. The van der Waals surface area contributed by atoms with E-state index >= 15 is 0 Å². The number of hydrogen-bond acceptors (Lipinski definition) is 2. The minimum atomic E-state index is -4.27. The number of halogens is 3. The SMILES string of the molecule is COCC1NCc2cc(C(F)(F)F)ccc21. The van der Waals surface area contributed by atoms with Gasteiger partial charge in [-0.15, -0.1) is 0 Å². The van der Waals surface area contributed by atoms with Gasteiger partial charge in [-0.25, -0.2) is 0 Å². The van der Waals surface area contributed by atoms with Crippen molar-refractivity contribution in [3.63, 3.8) is 0 Å². The van der Waals surface area contributed by atoms with Gasteiger partial charge in [0, 0.05) is 13.7 Å². The molecule has 0 radical (unpaired) electrons. The number of ether oxygens (including phenoxy) is 1. The van der Waals surface area contributed by atoms with Crippen LogP contribution in [0.25, 0.3) is 0 Å². The van der Waals surface area contributed by atoms with E-state index in [1.165, 1.54) is 12.1 Å². The third-order valence-corrected chi connectivity index (χ3v) is 2.72. The molecule has 0 bridgehead atoms. The summed E-state index contributed by atoms with van der Waals surface area (Å²) in [6.45, 7) is 0.936.